The maximum absolute atomic E-state index is 12.9. The van der Waals surface area contributed by atoms with Crippen LogP contribution in [0.3, 0.4) is 0 Å². The third-order valence-corrected chi connectivity index (χ3v) is 4.47. The first-order valence-corrected chi connectivity index (χ1v) is 9.19. The highest BCUT2D eigenvalue weighted by Gasteiger charge is 2.22. The summed E-state index contributed by atoms with van der Waals surface area (Å²) < 4.78 is 6.31. The Morgan fingerprint density at radius 2 is 2.15 bits per heavy atom. The lowest BCUT2D eigenvalue weighted by Gasteiger charge is -2.26. The predicted octanol–water partition coefficient (Wildman–Crippen LogP) is 3.97. The Morgan fingerprint density at radius 1 is 1.41 bits per heavy atom. The molecule has 3 rings (SSSR count). The molecule has 0 unspecified atom stereocenters. The Balaban J connectivity index is 1.96. The number of anilines is 1. The molecule has 0 aliphatic heterocycles. The van der Waals surface area contributed by atoms with Gasteiger partial charge in [-0.25, -0.2) is 4.98 Å². The van der Waals surface area contributed by atoms with Gasteiger partial charge in [-0.3, -0.25) is 15.2 Å². The van der Waals surface area contributed by atoms with Crippen LogP contribution in [-0.2, 0) is 0 Å². The number of aryl methyl sites for hydroxylation is 1. The summed E-state index contributed by atoms with van der Waals surface area (Å²) in [7, 11) is 0. The van der Waals surface area contributed by atoms with Crippen LogP contribution in [0.4, 0.5) is 5.82 Å². The number of benzene rings is 1. The van der Waals surface area contributed by atoms with Crippen LogP contribution in [0.25, 0.3) is 11.0 Å². The van der Waals surface area contributed by atoms with Crippen LogP contribution in [0, 0.1) is 24.2 Å². The van der Waals surface area contributed by atoms with E-state index in [1.54, 1.807) is 5.01 Å². The third-order valence-electron chi connectivity index (χ3n) is 3.92. The summed E-state index contributed by atoms with van der Waals surface area (Å²) in [4.78, 5) is 21.0. The first-order valence-electron chi connectivity index (χ1n) is 8.40. The van der Waals surface area contributed by atoms with Gasteiger partial charge in [-0.2, -0.15) is 10.2 Å². The molecule has 1 amide bonds. The number of carbonyl (C=O) groups is 1. The number of hydrogen-bond acceptors (Lipinski definition) is 6. The minimum Gasteiger partial charge on any atom is -0.451 e. The summed E-state index contributed by atoms with van der Waals surface area (Å²) in [5, 5.41) is 11.6. The van der Waals surface area contributed by atoms with E-state index in [4.69, 9.17) is 9.68 Å². The van der Waals surface area contributed by atoms with Crippen molar-refractivity contribution in [3.05, 3.63) is 52.1 Å². The number of aromatic nitrogens is 2. The minimum atomic E-state index is -0.381. The molecule has 0 aliphatic rings. The summed E-state index contributed by atoms with van der Waals surface area (Å²) in [6.07, 6.45) is 1.49. The molecule has 1 aromatic carbocycles. The second-order valence-electron chi connectivity index (χ2n) is 6.47. The van der Waals surface area contributed by atoms with Crippen LogP contribution >= 0.6 is 15.9 Å². The zero-order valence-electron chi connectivity index (χ0n) is 15.2. The molecular formula is C19H18BrN5O2. The first-order chi connectivity index (χ1) is 12.9. The van der Waals surface area contributed by atoms with Crippen molar-refractivity contribution in [2.24, 2.45) is 5.92 Å². The largest absolute Gasteiger partial charge is 0.451 e. The number of amides is 1. The molecule has 0 aliphatic carbocycles. The van der Waals surface area contributed by atoms with Gasteiger partial charge in [0.25, 0.3) is 0 Å². The summed E-state index contributed by atoms with van der Waals surface area (Å²) in [6, 6.07) is 9.41. The van der Waals surface area contributed by atoms with E-state index in [0.29, 0.717) is 22.4 Å². The van der Waals surface area contributed by atoms with Crippen LogP contribution in [0.5, 0.6) is 0 Å². The van der Waals surface area contributed by atoms with Crippen molar-refractivity contribution in [2.45, 2.75) is 20.8 Å². The Labute approximate surface area is 165 Å². The fourth-order valence-corrected chi connectivity index (χ4v) is 3.12. The molecule has 0 spiro atoms. The lowest BCUT2D eigenvalue weighted by atomic mass is 10.1. The van der Waals surface area contributed by atoms with Gasteiger partial charge >= 0.3 is 5.91 Å². The number of hydrogen-bond donors (Lipinski definition) is 1. The molecule has 7 nitrogen and oxygen atoms in total. The van der Waals surface area contributed by atoms with E-state index < -0.39 is 0 Å². The van der Waals surface area contributed by atoms with E-state index in [1.807, 2.05) is 51.1 Å². The molecule has 0 fully saturated rings. The summed E-state index contributed by atoms with van der Waals surface area (Å²) in [5.74, 6) is 0.534. The standard InChI is InChI=1S/C19H18BrN5O2/c1-11(2)10-25(18-14(20)9-22-16(8-21)23-18)24-19(26)17-12(3)13-6-4-5-7-15(13)27-17/h4-7,9,11H,10H2,1-3H3,(H,24,26). The van der Waals surface area contributed by atoms with Crippen LogP contribution in [0.15, 0.2) is 39.4 Å². The van der Waals surface area contributed by atoms with Crippen molar-refractivity contribution < 1.29 is 9.21 Å². The van der Waals surface area contributed by atoms with Gasteiger partial charge in [0.05, 0.1) is 4.47 Å². The van der Waals surface area contributed by atoms with Crippen molar-refractivity contribution in [1.82, 2.24) is 15.4 Å². The molecule has 138 valence electrons. The molecule has 0 saturated carbocycles. The van der Waals surface area contributed by atoms with E-state index in [0.717, 1.165) is 10.9 Å². The van der Waals surface area contributed by atoms with Crippen LogP contribution in [-0.4, -0.2) is 22.4 Å². The summed E-state index contributed by atoms with van der Waals surface area (Å²) >= 11 is 3.39. The van der Waals surface area contributed by atoms with Gasteiger partial charge in [0.2, 0.25) is 5.82 Å². The van der Waals surface area contributed by atoms with E-state index in [9.17, 15) is 4.79 Å². The molecular weight excluding hydrogens is 410 g/mol. The number of nitrogens with one attached hydrogen (secondary N) is 1. The molecule has 0 atom stereocenters. The van der Waals surface area contributed by atoms with Gasteiger partial charge in [-0.15, -0.1) is 0 Å². The van der Waals surface area contributed by atoms with Crippen molar-refractivity contribution in [3.63, 3.8) is 0 Å². The molecule has 2 heterocycles. The monoisotopic (exact) mass is 427 g/mol. The molecule has 0 radical (unpaired) electrons. The summed E-state index contributed by atoms with van der Waals surface area (Å²) in [5.41, 5.74) is 4.27. The Bertz CT molecular complexity index is 1040. The van der Waals surface area contributed by atoms with Gasteiger partial charge in [0.1, 0.15) is 11.7 Å². The summed E-state index contributed by atoms with van der Waals surface area (Å²) in [6.45, 7) is 6.38. The fourth-order valence-electron chi connectivity index (χ4n) is 2.72. The van der Waals surface area contributed by atoms with Crippen LogP contribution < -0.4 is 10.4 Å². The van der Waals surface area contributed by atoms with Crippen molar-refractivity contribution >= 4 is 38.6 Å². The third kappa shape index (κ3) is 3.93. The maximum Gasteiger partial charge on any atom is 0.305 e. The highest BCUT2D eigenvalue weighted by molar-refractivity contribution is 9.10. The Morgan fingerprint density at radius 3 is 2.81 bits per heavy atom. The number of nitrogens with zero attached hydrogens (tertiary/aromatic N) is 4. The van der Waals surface area contributed by atoms with Gasteiger partial charge in [-0.05, 0) is 34.8 Å². The first kappa shape index (κ1) is 18.9. The number of carbonyl (C=O) groups excluding carboxylic acids is 1. The van der Waals surface area contributed by atoms with Gasteiger partial charge in [0.15, 0.2) is 11.6 Å². The van der Waals surface area contributed by atoms with Crippen molar-refractivity contribution in [1.29, 1.82) is 5.26 Å². The number of fused-ring (bicyclic) bond motifs is 1. The molecule has 2 aromatic heterocycles. The SMILES string of the molecule is Cc1c(C(=O)NN(CC(C)C)c2nc(C#N)ncc2Br)oc2ccccc12. The zero-order chi connectivity index (χ0) is 19.6. The lowest BCUT2D eigenvalue weighted by Crippen LogP contribution is -2.45. The highest BCUT2D eigenvalue weighted by atomic mass is 79.9. The smallest absolute Gasteiger partial charge is 0.305 e. The average Bonchev–Trinajstić information content (AvgIpc) is 2.98. The number of para-hydroxylation sites is 1. The fraction of sp³-hybridized carbons (Fsp3) is 0.263. The Kier molecular flexibility index (Phi) is 5.42. The van der Waals surface area contributed by atoms with Crippen molar-refractivity contribution in [2.75, 3.05) is 11.6 Å². The topological polar surface area (TPSA) is 95.1 Å². The second kappa shape index (κ2) is 7.76. The van der Waals surface area contributed by atoms with E-state index in [1.165, 1.54) is 6.20 Å². The Hall–Kier alpha value is -2.92. The number of halogens is 1. The lowest BCUT2D eigenvalue weighted by molar-refractivity contribution is 0.0920. The van der Waals surface area contributed by atoms with E-state index in [2.05, 4.69) is 31.3 Å². The van der Waals surface area contributed by atoms with Crippen LogP contribution in [0.2, 0.25) is 0 Å². The maximum atomic E-state index is 12.9. The van der Waals surface area contributed by atoms with Gasteiger partial charge < -0.3 is 4.42 Å². The quantitative estimate of drug-likeness (QED) is 0.618. The zero-order valence-corrected chi connectivity index (χ0v) is 16.7. The number of rotatable bonds is 5. The molecule has 27 heavy (non-hydrogen) atoms. The molecule has 0 bridgehead atoms. The molecule has 0 saturated heterocycles. The van der Waals surface area contributed by atoms with Crippen molar-refractivity contribution in [3.8, 4) is 6.07 Å². The second-order valence-corrected chi connectivity index (χ2v) is 7.33. The highest BCUT2D eigenvalue weighted by Crippen LogP contribution is 2.26. The molecule has 1 N–H and O–H groups in total. The molecule has 8 heteroatoms. The van der Waals surface area contributed by atoms with Gasteiger partial charge in [-0.1, -0.05) is 32.0 Å². The minimum absolute atomic E-state index is 0.0242. The average molecular weight is 428 g/mol. The predicted molar refractivity (Wildman–Crippen MR) is 105 cm³/mol. The van der Waals surface area contributed by atoms with E-state index >= 15 is 0 Å². The normalized spacial score (nSPS) is 10.8. The van der Waals surface area contributed by atoms with E-state index in [-0.39, 0.29) is 23.4 Å². The number of hydrazine groups is 1. The van der Waals surface area contributed by atoms with Crippen LogP contribution in [0.1, 0.15) is 35.8 Å². The van der Waals surface area contributed by atoms with Gasteiger partial charge in [0, 0.05) is 23.7 Å². The number of nitriles is 1. The number of furan rings is 1. The molecule has 3 aromatic rings.